The van der Waals surface area contributed by atoms with Crippen LogP contribution in [0.2, 0.25) is 0 Å². The van der Waals surface area contributed by atoms with Gasteiger partial charge in [-0.05, 0) is 66.1 Å². The van der Waals surface area contributed by atoms with E-state index in [0.29, 0.717) is 32.1 Å². The fourth-order valence-electron chi connectivity index (χ4n) is 5.27. The molecule has 0 unspecified atom stereocenters. The number of benzene rings is 4. The number of nitrogens with zero attached hydrogens (tertiary/aromatic N) is 3. The smallest absolute Gasteiger partial charge is 0.338 e. The number of methoxy groups -OCH3 is 1. The van der Waals surface area contributed by atoms with E-state index >= 15 is 0 Å². The molecule has 0 fully saturated rings. The Bertz CT molecular complexity index is 2150. The van der Waals surface area contributed by atoms with Gasteiger partial charge in [-0.25, -0.2) is 9.79 Å². The number of rotatable bonds is 10. The zero-order valence-corrected chi connectivity index (χ0v) is 26.3. The molecule has 47 heavy (non-hydrogen) atoms. The molecule has 1 aromatic heterocycles. The van der Waals surface area contributed by atoms with Crippen molar-refractivity contribution in [2.75, 3.05) is 13.7 Å². The molecule has 1 aliphatic rings. The van der Waals surface area contributed by atoms with Crippen LogP contribution in [0.3, 0.4) is 0 Å². The van der Waals surface area contributed by atoms with Crippen LogP contribution in [-0.4, -0.2) is 29.2 Å². The Labute approximate surface area is 273 Å². The lowest BCUT2D eigenvalue weighted by Gasteiger charge is -2.26. The monoisotopic (exact) mass is 647 g/mol. The fraction of sp³-hybridized carbons (Fsp3) is 0.139. The van der Waals surface area contributed by atoms with Crippen LogP contribution in [-0.2, 0) is 16.1 Å². The predicted molar refractivity (Wildman–Crippen MR) is 178 cm³/mol. The summed E-state index contributed by atoms with van der Waals surface area (Å²) in [5, 5.41) is 10.9. The molecule has 4 aromatic carbocycles. The minimum absolute atomic E-state index is 0.0108. The third kappa shape index (κ3) is 6.61. The van der Waals surface area contributed by atoms with Gasteiger partial charge in [0.2, 0.25) is 0 Å². The van der Waals surface area contributed by atoms with E-state index in [0.717, 1.165) is 16.7 Å². The lowest BCUT2D eigenvalue weighted by atomic mass is 9.93. The fourth-order valence-corrected chi connectivity index (χ4v) is 6.27. The van der Waals surface area contributed by atoms with Crippen molar-refractivity contribution >= 4 is 34.8 Å². The second-order valence-corrected chi connectivity index (χ2v) is 11.5. The summed E-state index contributed by atoms with van der Waals surface area (Å²) in [6, 6.07) is 29.3. The van der Waals surface area contributed by atoms with Crippen LogP contribution >= 0.6 is 11.3 Å². The number of ether oxygens (including phenoxy) is 3. The summed E-state index contributed by atoms with van der Waals surface area (Å²) in [4.78, 5) is 43.6. The number of hydrogen-bond donors (Lipinski definition) is 0. The molecule has 0 bridgehead atoms. The van der Waals surface area contributed by atoms with Crippen LogP contribution in [0.15, 0.2) is 118 Å². The van der Waals surface area contributed by atoms with E-state index in [-0.39, 0.29) is 30.0 Å². The first-order valence-electron chi connectivity index (χ1n) is 14.7. The van der Waals surface area contributed by atoms with Crippen molar-refractivity contribution in [3.8, 4) is 11.5 Å². The zero-order valence-electron chi connectivity index (χ0n) is 25.5. The third-order valence-corrected chi connectivity index (χ3v) is 8.50. The minimum atomic E-state index is -0.801. The summed E-state index contributed by atoms with van der Waals surface area (Å²) in [5.41, 5.74) is 3.35. The summed E-state index contributed by atoms with van der Waals surface area (Å²) >= 11 is 1.23. The number of fused-ring (bicyclic) bond motifs is 1. The van der Waals surface area contributed by atoms with Crippen molar-refractivity contribution in [2.24, 2.45) is 4.99 Å². The molecule has 6 rings (SSSR count). The van der Waals surface area contributed by atoms with Gasteiger partial charge in [-0.3, -0.25) is 19.5 Å². The SMILES string of the molecule is CCOC(=O)C1=C(c2ccccc2)N=c2s/c(=C\c3cccc(OCc4ccc([N+](=O)[O-])cc4)c3)c(=O)n2[C@@H]1c1ccc(OC)cc1. The predicted octanol–water partition coefficient (Wildman–Crippen LogP) is 5.43. The van der Waals surface area contributed by atoms with Crippen molar-refractivity contribution in [3.63, 3.8) is 0 Å². The number of aromatic nitrogens is 1. The quantitative estimate of drug-likeness (QED) is 0.113. The van der Waals surface area contributed by atoms with Gasteiger partial charge in [0.25, 0.3) is 11.2 Å². The standard InChI is InChI=1S/C36H29N3O7S/c1-3-45-35(41)31-32(25-9-5-4-6-10-25)37-36-38(33(31)26-14-18-28(44-2)19-15-26)34(40)30(47-36)21-24-8-7-11-29(20-24)46-22-23-12-16-27(17-13-23)39(42)43/h4-21,33H,3,22H2,1-2H3/b30-21-/t33-/m1/s1. The number of thiazole rings is 1. The zero-order chi connectivity index (χ0) is 32.9. The highest BCUT2D eigenvalue weighted by atomic mass is 32.1. The summed E-state index contributed by atoms with van der Waals surface area (Å²) in [6.45, 7) is 2.11. The van der Waals surface area contributed by atoms with Gasteiger partial charge in [-0.1, -0.05) is 65.9 Å². The first kappa shape index (κ1) is 31.2. The topological polar surface area (TPSA) is 122 Å². The maximum atomic E-state index is 14.2. The van der Waals surface area contributed by atoms with Crippen LogP contribution < -0.4 is 24.4 Å². The van der Waals surface area contributed by atoms with Crippen molar-refractivity contribution in [2.45, 2.75) is 19.6 Å². The van der Waals surface area contributed by atoms with E-state index in [4.69, 9.17) is 19.2 Å². The number of non-ortho nitro benzene ring substituents is 1. The molecule has 1 aliphatic heterocycles. The highest BCUT2D eigenvalue weighted by molar-refractivity contribution is 7.07. The molecule has 5 aromatic rings. The van der Waals surface area contributed by atoms with Crippen LogP contribution in [0.4, 0.5) is 5.69 Å². The molecule has 0 N–H and O–H groups in total. The summed E-state index contributed by atoms with van der Waals surface area (Å²) in [6.07, 6.45) is 1.77. The van der Waals surface area contributed by atoms with Gasteiger partial charge >= 0.3 is 5.97 Å². The van der Waals surface area contributed by atoms with Gasteiger partial charge in [0, 0.05) is 17.7 Å². The molecule has 236 valence electrons. The second-order valence-electron chi connectivity index (χ2n) is 10.5. The Morgan fingerprint density at radius 3 is 2.40 bits per heavy atom. The molecule has 0 amide bonds. The Morgan fingerprint density at radius 2 is 1.72 bits per heavy atom. The van der Waals surface area contributed by atoms with Gasteiger partial charge in [0.1, 0.15) is 18.1 Å². The molecule has 0 saturated carbocycles. The normalized spacial score (nSPS) is 14.3. The molecule has 2 heterocycles. The first-order valence-corrected chi connectivity index (χ1v) is 15.6. The Kier molecular flexibility index (Phi) is 9.07. The Hall–Kier alpha value is -5.81. The molecular formula is C36H29N3O7S. The maximum absolute atomic E-state index is 14.2. The van der Waals surface area contributed by atoms with Crippen molar-refractivity contribution in [3.05, 3.63) is 161 Å². The van der Waals surface area contributed by atoms with Gasteiger partial charge < -0.3 is 14.2 Å². The van der Waals surface area contributed by atoms with Crippen LogP contribution in [0.1, 0.15) is 35.2 Å². The molecule has 0 spiro atoms. The second kappa shape index (κ2) is 13.7. The van der Waals surface area contributed by atoms with Crippen molar-refractivity contribution in [1.29, 1.82) is 0 Å². The lowest BCUT2D eigenvalue weighted by Crippen LogP contribution is -2.40. The summed E-state index contributed by atoms with van der Waals surface area (Å²) in [7, 11) is 1.57. The Balaban J connectivity index is 1.43. The number of carbonyl (C=O) groups excluding carboxylic acids is 1. The van der Waals surface area contributed by atoms with E-state index < -0.39 is 16.9 Å². The van der Waals surface area contributed by atoms with Crippen LogP contribution in [0, 0.1) is 10.1 Å². The molecule has 11 heteroatoms. The van der Waals surface area contributed by atoms with Crippen LogP contribution in [0.25, 0.3) is 11.8 Å². The number of nitro benzene ring substituents is 1. The Morgan fingerprint density at radius 1 is 0.979 bits per heavy atom. The number of nitro groups is 1. The maximum Gasteiger partial charge on any atom is 0.338 e. The van der Waals surface area contributed by atoms with E-state index in [1.165, 1.54) is 23.5 Å². The molecular weight excluding hydrogens is 618 g/mol. The molecule has 1 atom stereocenters. The largest absolute Gasteiger partial charge is 0.497 e. The number of hydrogen-bond acceptors (Lipinski definition) is 9. The average molecular weight is 648 g/mol. The van der Waals surface area contributed by atoms with Crippen LogP contribution in [0.5, 0.6) is 11.5 Å². The summed E-state index contributed by atoms with van der Waals surface area (Å²) in [5.74, 6) is 0.654. The molecule has 0 aliphatic carbocycles. The first-order chi connectivity index (χ1) is 22.9. The van der Waals surface area contributed by atoms with Gasteiger partial charge in [-0.2, -0.15) is 0 Å². The van der Waals surface area contributed by atoms with E-state index in [9.17, 15) is 19.7 Å². The van der Waals surface area contributed by atoms with Crippen molar-refractivity contribution in [1.82, 2.24) is 4.57 Å². The highest BCUT2D eigenvalue weighted by Crippen LogP contribution is 2.35. The van der Waals surface area contributed by atoms with Gasteiger partial charge in [0.05, 0.1) is 40.5 Å². The van der Waals surface area contributed by atoms with Gasteiger partial charge in [0.15, 0.2) is 4.80 Å². The van der Waals surface area contributed by atoms with Crippen molar-refractivity contribution < 1.29 is 23.9 Å². The van der Waals surface area contributed by atoms with E-state index in [1.54, 1.807) is 55.0 Å². The molecule has 10 nitrogen and oxygen atoms in total. The van der Waals surface area contributed by atoms with E-state index in [1.807, 2.05) is 60.7 Å². The minimum Gasteiger partial charge on any atom is -0.497 e. The summed E-state index contributed by atoms with van der Waals surface area (Å²) < 4.78 is 18.8. The third-order valence-electron chi connectivity index (χ3n) is 7.51. The molecule has 0 radical (unpaired) electrons. The molecule has 0 saturated heterocycles. The van der Waals surface area contributed by atoms with Gasteiger partial charge in [-0.15, -0.1) is 0 Å². The lowest BCUT2D eigenvalue weighted by molar-refractivity contribution is -0.384. The number of esters is 1. The van der Waals surface area contributed by atoms with E-state index in [2.05, 4.69) is 0 Å². The number of carbonyl (C=O) groups is 1. The average Bonchev–Trinajstić information content (AvgIpc) is 3.41. The highest BCUT2D eigenvalue weighted by Gasteiger charge is 2.35.